The van der Waals surface area contributed by atoms with Crippen molar-refractivity contribution in [3.8, 4) is 0 Å². The van der Waals surface area contributed by atoms with Crippen molar-refractivity contribution in [2.75, 3.05) is 12.4 Å². The molecule has 1 aliphatic carbocycles. The van der Waals surface area contributed by atoms with E-state index in [1.54, 1.807) is 24.3 Å². The van der Waals surface area contributed by atoms with Crippen LogP contribution in [0.3, 0.4) is 0 Å². The first-order valence-electron chi connectivity index (χ1n) is 14.8. The molecule has 0 saturated heterocycles. The number of nitrogens with zero attached hydrogens (tertiary/aromatic N) is 1. The van der Waals surface area contributed by atoms with Crippen molar-refractivity contribution in [2.45, 2.75) is 76.9 Å². The molecule has 0 amide bonds. The number of nitrogens with two attached hydrogens (primary N) is 1. The second-order valence-electron chi connectivity index (χ2n) is 11.2. The molecule has 3 nitrogen and oxygen atoms in total. The normalized spacial score (nSPS) is 18.4. The molecule has 0 saturated carbocycles. The smallest absolute Gasteiger partial charge is 0.276 e. The molecule has 44 heavy (non-hydrogen) atoms. The third-order valence-electron chi connectivity index (χ3n) is 7.51. The van der Waals surface area contributed by atoms with Gasteiger partial charge in [-0.2, -0.15) is 0 Å². The maximum absolute atomic E-state index is 15.2. The van der Waals surface area contributed by atoms with E-state index in [2.05, 4.69) is 11.1 Å². The molecule has 1 aliphatic rings. The molecule has 8 heteroatoms. The summed E-state index contributed by atoms with van der Waals surface area (Å²) >= 11 is 0. The van der Waals surface area contributed by atoms with Crippen molar-refractivity contribution in [3.05, 3.63) is 130 Å². The molecule has 2 unspecified atom stereocenters. The highest BCUT2D eigenvalue weighted by Gasteiger charge is 2.47. The van der Waals surface area contributed by atoms with Crippen LogP contribution < -0.4 is 11.1 Å². The van der Waals surface area contributed by atoms with Crippen molar-refractivity contribution in [3.63, 3.8) is 0 Å². The largest absolute Gasteiger partial charge is 0.370 e. The van der Waals surface area contributed by atoms with Gasteiger partial charge in [-0.1, -0.05) is 74.5 Å². The van der Waals surface area contributed by atoms with Crippen molar-refractivity contribution in [1.82, 2.24) is 4.98 Å². The van der Waals surface area contributed by atoms with Gasteiger partial charge in [-0.25, -0.2) is 22.0 Å². The lowest BCUT2D eigenvalue weighted by Crippen LogP contribution is -2.41. The number of alkyl halides is 5. The van der Waals surface area contributed by atoms with Crippen molar-refractivity contribution in [2.24, 2.45) is 5.73 Å². The van der Waals surface area contributed by atoms with Gasteiger partial charge < -0.3 is 11.1 Å². The molecule has 4 aromatic rings. The number of hydrogen-bond acceptors (Lipinski definition) is 3. The molecule has 5 rings (SSSR count). The number of halogens is 5. The van der Waals surface area contributed by atoms with E-state index < -0.39 is 29.5 Å². The van der Waals surface area contributed by atoms with E-state index in [0.717, 1.165) is 12.5 Å². The number of pyridine rings is 1. The quantitative estimate of drug-likeness (QED) is 0.205. The molecule has 2 atom stereocenters. The number of aromatic nitrogens is 1. The van der Waals surface area contributed by atoms with E-state index in [1.165, 1.54) is 38.2 Å². The Bertz CT molecular complexity index is 1520. The number of anilines is 1. The highest BCUT2D eigenvalue weighted by molar-refractivity contribution is 5.58. The van der Waals surface area contributed by atoms with Gasteiger partial charge in [0, 0.05) is 48.7 Å². The van der Waals surface area contributed by atoms with E-state index in [1.807, 2.05) is 63.2 Å². The summed E-state index contributed by atoms with van der Waals surface area (Å²) in [5, 5.41) is 3.45. The summed E-state index contributed by atoms with van der Waals surface area (Å²) in [6.45, 7) is 7.87. The van der Waals surface area contributed by atoms with Gasteiger partial charge in [-0.05, 0) is 67.9 Å². The number of fused-ring (bicyclic) bond motifs is 1. The average molecular weight is 612 g/mol. The maximum atomic E-state index is 15.2. The van der Waals surface area contributed by atoms with Crippen LogP contribution in [0.2, 0.25) is 0 Å². The van der Waals surface area contributed by atoms with Gasteiger partial charge >= 0.3 is 0 Å². The van der Waals surface area contributed by atoms with Gasteiger partial charge in [0.15, 0.2) is 0 Å². The minimum Gasteiger partial charge on any atom is -0.370 e. The Labute approximate surface area is 257 Å². The van der Waals surface area contributed by atoms with E-state index in [-0.39, 0.29) is 23.1 Å². The SMILES string of the molecule is CC.CN.Cc1cccc(C(Cc2ccccc2)(Nc2ccc3c(c2)C(F)(F)CC(C)(F)C3)c2cccc(C(C)(F)F)c2)n1. The summed E-state index contributed by atoms with van der Waals surface area (Å²) in [6, 6.07) is 25.6. The molecule has 0 spiro atoms. The number of hydrogen-bond donors (Lipinski definition) is 2. The highest BCUT2D eigenvalue weighted by Crippen LogP contribution is 2.47. The van der Waals surface area contributed by atoms with E-state index >= 15 is 8.78 Å². The zero-order chi connectivity index (χ0) is 32.8. The van der Waals surface area contributed by atoms with Crippen LogP contribution in [-0.2, 0) is 30.2 Å². The topological polar surface area (TPSA) is 50.9 Å². The third kappa shape index (κ3) is 7.83. The molecule has 0 fully saturated rings. The monoisotopic (exact) mass is 611 g/mol. The van der Waals surface area contributed by atoms with Gasteiger partial charge in [0.2, 0.25) is 0 Å². The number of nitrogens with one attached hydrogen (secondary N) is 1. The second-order valence-corrected chi connectivity index (χ2v) is 11.2. The van der Waals surface area contributed by atoms with E-state index in [4.69, 9.17) is 4.98 Å². The summed E-state index contributed by atoms with van der Waals surface area (Å²) in [5.74, 6) is -6.45. The van der Waals surface area contributed by atoms with Crippen LogP contribution in [-0.4, -0.2) is 17.7 Å². The summed E-state index contributed by atoms with van der Waals surface area (Å²) < 4.78 is 74.1. The van der Waals surface area contributed by atoms with Crippen molar-refractivity contribution in [1.29, 1.82) is 0 Å². The molecule has 0 radical (unpaired) electrons. The summed E-state index contributed by atoms with van der Waals surface area (Å²) in [5.41, 5.74) is 4.15. The molecule has 3 N–H and O–H groups in total. The van der Waals surface area contributed by atoms with Gasteiger partial charge in [-0.15, -0.1) is 0 Å². The first-order valence-corrected chi connectivity index (χ1v) is 14.8. The Hall–Kier alpha value is -3.78. The predicted molar refractivity (Wildman–Crippen MR) is 169 cm³/mol. The molecule has 1 aromatic heterocycles. The Morgan fingerprint density at radius 3 is 2.11 bits per heavy atom. The van der Waals surface area contributed by atoms with Crippen LogP contribution in [0, 0.1) is 6.92 Å². The lowest BCUT2D eigenvalue weighted by molar-refractivity contribution is -0.0690. The van der Waals surface area contributed by atoms with Crippen LogP contribution in [0.1, 0.15) is 73.3 Å². The molecule has 1 heterocycles. The third-order valence-corrected chi connectivity index (χ3v) is 7.51. The Morgan fingerprint density at radius 1 is 0.841 bits per heavy atom. The van der Waals surface area contributed by atoms with Crippen molar-refractivity contribution < 1.29 is 22.0 Å². The number of rotatable bonds is 7. The first kappa shape index (κ1) is 34.7. The summed E-state index contributed by atoms with van der Waals surface area (Å²) in [7, 11) is 1.50. The van der Waals surface area contributed by atoms with Crippen LogP contribution in [0.25, 0.3) is 0 Å². The molecular weight excluding hydrogens is 569 g/mol. The van der Waals surface area contributed by atoms with Crippen LogP contribution >= 0.6 is 0 Å². The molecule has 0 bridgehead atoms. The van der Waals surface area contributed by atoms with Gasteiger partial charge in [0.05, 0.1) is 5.69 Å². The maximum Gasteiger partial charge on any atom is 0.276 e. The minimum atomic E-state index is -3.36. The Kier molecular flexibility index (Phi) is 11.0. The molecule has 236 valence electrons. The Balaban J connectivity index is 0.00000127. The molecule has 3 aromatic carbocycles. The summed E-state index contributed by atoms with van der Waals surface area (Å²) in [6.07, 6.45) is -0.724. The first-order chi connectivity index (χ1) is 20.8. The lowest BCUT2D eigenvalue weighted by Gasteiger charge is -2.38. The van der Waals surface area contributed by atoms with Crippen LogP contribution in [0.5, 0.6) is 0 Å². The van der Waals surface area contributed by atoms with Gasteiger partial charge in [0.1, 0.15) is 11.2 Å². The van der Waals surface area contributed by atoms with Crippen LogP contribution in [0.4, 0.5) is 27.6 Å². The fourth-order valence-corrected chi connectivity index (χ4v) is 5.67. The van der Waals surface area contributed by atoms with Crippen molar-refractivity contribution >= 4 is 5.69 Å². The minimum absolute atomic E-state index is 0.111. The Morgan fingerprint density at radius 2 is 1.48 bits per heavy atom. The second kappa shape index (κ2) is 13.9. The zero-order valence-corrected chi connectivity index (χ0v) is 26.2. The number of benzene rings is 3. The lowest BCUT2D eigenvalue weighted by atomic mass is 9.78. The van der Waals surface area contributed by atoms with E-state index in [0.29, 0.717) is 29.1 Å². The summed E-state index contributed by atoms with van der Waals surface area (Å²) in [4.78, 5) is 4.79. The van der Waals surface area contributed by atoms with E-state index in [9.17, 15) is 13.2 Å². The van der Waals surface area contributed by atoms with Crippen LogP contribution in [0.15, 0.2) is 91.0 Å². The zero-order valence-electron chi connectivity index (χ0n) is 26.2. The number of aryl methyl sites for hydroxylation is 1. The fourth-order valence-electron chi connectivity index (χ4n) is 5.67. The fraction of sp³-hybridized carbons (Fsp3) is 0.361. The highest BCUT2D eigenvalue weighted by atomic mass is 19.3. The van der Waals surface area contributed by atoms with Gasteiger partial charge in [-0.3, -0.25) is 4.98 Å². The standard InChI is InChI=1S/C33H31F5N2.C2H6.CH5N/c1-22-9-7-14-29(39-22)32(19-23-10-5-4-6-11-23,26-13-8-12-25(17-26)31(3,35)36)40-27-16-15-24-20-30(2,34)21-33(37,38)28(24)18-27;2*1-2/h4-18,40H,19-21H2,1-3H3;1-2H3;2H2,1H3. The van der Waals surface area contributed by atoms with Gasteiger partial charge in [0.25, 0.3) is 11.8 Å². The average Bonchev–Trinajstić information content (AvgIpc) is 2.98. The molecule has 0 aliphatic heterocycles. The predicted octanol–water partition coefficient (Wildman–Crippen LogP) is 9.47. The molecular formula is C36H42F5N3.